The van der Waals surface area contributed by atoms with E-state index >= 15 is 0 Å². The SMILES string of the molecule is Cc1ccc(Oc2ncccc2C(=O)N2CCCN(Cc3nccn3C)CC2)cc1. The third-order valence-electron chi connectivity index (χ3n) is 5.40. The van der Waals surface area contributed by atoms with E-state index in [1.165, 1.54) is 0 Å². The van der Waals surface area contributed by atoms with Crippen LogP contribution in [0.2, 0.25) is 0 Å². The Morgan fingerprint density at radius 3 is 2.63 bits per heavy atom. The molecule has 1 aliphatic rings. The van der Waals surface area contributed by atoms with Crippen molar-refractivity contribution in [2.24, 2.45) is 7.05 Å². The lowest BCUT2D eigenvalue weighted by Gasteiger charge is -2.22. The van der Waals surface area contributed by atoms with Crippen LogP contribution in [0.1, 0.15) is 28.2 Å². The molecule has 2 aromatic heterocycles. The van der Waals surface area contributed by atoms with Crippen LogP contribution in [0.25, 0.3) is 0 Å². The molecule has 1 aliphatic heterocycles. The van der Waals surface area contributed by atoms with Gasteiger partial charge in [-0.1, -0.05) is 17.7 Å². The maximum absolute atomic E-state index is 13.3. The molecule has 30 heavy (non-hydrogen) atoms. The number of imidazole rings is 1. The second-order valence-corrected chi connectivity index (χ2v) is 7.65. The highest BCUT2D eigenvalue weighted by Gasteiger charge is 2.24. The minimum absolute atomic E-state index is 0.0379. The highest BCUT2D eigenvalue weighted by molar-refractivity contribution is 5.96. The molecule has 0 unspecified atom stereocenters. The van der Waals surface area contributed by atoms with E-state index in [1.807, 2.05) is 60.1 Å². The number of carbonyl (C=O) groups excluding carboxylic acids is 1. The summed E-state index contributed by atoms with van der Waals surface area (Å²) in [6.07, 6.45) is 6.35. The molecule has 4 rings (SSSR count). The highest BCUT2D eigenvalue weighted by Crippen LogP contribution is 2.24. The van der Waals surface area contributed by atoms with Crippen LogP contribution >= 0.6 is 0 Å². The molecule has 1 amide bonds. The summed E-state index contributed by atoms with van der Waals surface area (Å²) in [5.41, 5.74) is 1.65. The molecule has 1 fully saturated rings. The first-order chi connectivity index (χ1) is 14.6. The zero-order chi connectivity index (χ0) is 20.9. The van der Waals surface area contributed by atoms with E-state index in [2.05, 4.69) is 14.9 Å². The van der Waals surface area contributed by atoms with Crippen molar-refractivity contribution in [2.75, 3.05) is 26.2 Å². The average Bonchev–Trinajstić information content (AvgIpc) is 3.01. The summed E-state index contributed by atoms with van der Waals surface area (Å²) < 4.78 is 7.97. The van der Waals surface area contributed by atoms with Gasteiger partial charge in [0.1, 0.15) is 17.1 Å². The first-order valence-electron chi connectivity index (χ1n) is 10.3. The van der Waals surface area contributed by atoms with Crippen molar-refractivity contribution >= 4 is 5.91 Å². The van der Waals surface area contributed by atoms with Crippen LogP contribution in [0, 0.1) is 6.92 Å². The largest absolute Gasteiger partial charge is 0.438 e. The van der Waals surface area contributed by atoms with E-state index in [1.54, 1.807) is 18.3 Å². The lowest BCUT2D eigenvalue weighted by molar-refractivity contribution is 0.0757. The van der Waals surface area contributed by atoms with Crippen molar-refractivity contribution in [3.8, 4) is 11.6 Å². The number of hydrogen-bond donors (Lipinski definition) is 0. The second kappa shape index (κ2) is 9.09. The summed E-state index contributed by atoms with van der Waals surface area (Å²) in [6, 6.07) is 11.3. The normalized spacial score (nSPS) is 15.1. The smallest absolute Gasteiger partial charge is 0.259 e. The highest BCUT2D eigenvalue weighted by atomic mass is 16.5. The number of hydrogen-bond acceptors (Lipinski definition) is 5. The molecule has 3 heterocycles. The first kappa shape index (κ1) is 20.1. The van der Waals surface area contributed by atoms with Gasteiger partial charge in [-0.05, 0) is 37.6 Å². The Bertz CT molecular complexity index is 999. The van der Waals surface area contributed by atoms with Crippen LogP contribution in [0.5, 0.6) is 11.6 Å². The summed E-state index contributed by atoms with van der Waals surface area (Å²) in [4.78, 5) is 26.3. The summed E-state index contributed by atoms with van der Waals surface area (Å²) in [6.45, 7) is 5.95. The number of ether oxygens (including phenoxy) is 1. The molecule has 3 aromatic rings. The van der Waals surface area contributed by atoms with E-state index in [0.717, 1.165) is 44.0 Å². The van der Waals surface area contributed by atoms with E-state index in [0.29, 0.717) is 23.7 Å². The molecule has 0 atom stereocenters. The van der Waals surface area contributed by atoms with Gasteiger partial charge in [0, 0.05) is 51.8 Å². The van der Waals surface area contributed by atoms with Gasteiger partial charge in [-0.15, -0.1) is 0 Å². The molecule has 0 N–H and O–H groups in total. The summed E-state index contributed by atoms with van der Waals surface area (Å²) >= 11 is 0. The van der Waals surface area contributed by atoms with E-state index in [4.69, 9.17) is 4.74 Å². The summed E-state index contributed by atoms with van der Waals surface area (Å²) in [5, 5.41) is 0. The molecule has 156 valence electrons. The Morgan fingerprint density at radius 1 is 1.03 bits per heavy atom. The van der Waals surface area contributed by atoms with Gasteiger partial charge in [0.05, 0.1) is 6.54 Å². The van der Waals surface area contributed by atoms with Crippen LogP contribution in [-0.4, -0.2) is 56.4 Å². The van der Waals surface area contributed by atoms with Gasteiger partial charge < -0.3 is 14.2 Å². The summed E-state index contributed by atoms with van der Waals surface area (Å²) in [7, 11) is 2.01. The van der Waals surface area contributed by atoms with Crippen molar-refractivity contribution in [3.63, 3.8) is 0 Å². The zero-order valence-electron chi connectivity index (χ0n) is 17.5. The van der Waals surface area contributed by atoms with Gasteiger partial charge in [-0.3, -0.25) is 9.69 Å². The van der Waals surface area contributed by atoms with Crippen molar-refractivity contribution < 1.29 is 9.53 Å². The van der Waals surface area contributed by atoms with Crippen molar-refractivity contribution in [1.29, 1.82) is 0 Å². The van der Waals surface area contributed by atoms with Crippen molar-refractivity contribution in [3.05, 3.63) is 71.9 Å². The van der Waals surface area contributed by atoms with Crippen LogP contribution in [-0.2, 0) is 13.6 Å². The van der Waals surface area contributed by atoms with E-state index in [-0.39, 0.29) is 5.91 Å². The van der Waals surface area contributed by atoms with Gasteiger partial charge in [-0.2, -0.15) is 0 Å². The molecule has 1 aromatic carbocycles. The number of nitrogens with zero attached hydrogens (tertiary/aromatic N) is 5. The van der Waals surface area contributed by atoms with Crippen molar-refractivity contribution in [1.82, 2.24) is 24.3 Å². The van der Waals surface area contributed by atoms with Gasteiger partial charge in [0.25, 0.3) is 5.91 Å². The predicted octanol–water partition coefficient (Wildman–Crippen LogP) is 3.26. The quantitative estimate of drug-likeness (QED) is 0.652. The minimum Gasteiger partial charge on any atom is -0.438 e. The zero-order valence-corrected chi connectivity index (χ0v) is 17.5. The maximum atomic E-state index is 13.3. The number of pyridine rings is 1. The van der Waals surface area contributed by atoms with Crippen LogP contribution in [0.3, 0.4) is 0 Å². The Kier molecular flexibility index (Phi) is 6.09. The van der Waals surface area contributed by atoms with Gasteiger partial charge in [-0.25, -0.2) is 9.97 Å². The van der Waals surface area contributed by atoms with Crippen LogP contribution in [0.15, 0.2) is 55.0 Å². The number of benzene rings is 1. The van der Waals surface area contributed by atoms with E-state index in [9.17, 15) is 4.79 Å². The van der Waals surface area contributed by atoms with Gasteiger partial charge >= 0.3 is 0 Å². The number of carbonyl (C=O) groups is 1. The lowest BCUT2D eigenvalue weighted by Crippen LogP contribution is -2.35. The van der Waals surface area contributed by atoms with Gasteiger partial charge in [0.15, 0.2) is 0 Å². The molecule has 0 aliphatic carbocycles. The molecule has 0 spiro atoms. The number of amides is 1. The molecule has 7 heteroatoms. The third-order valence-corrected chi connectivity index (χ3v) is 5.40. The van der Waals surface area contributed by atoms with Crippen LogP contribution < -0.4 is 4.74 Å². The fraction of sp³-hybridized carbons (Fsp3) is 0.348. The lowest BCUT2D eigenvalue weighted by atomic mass is 10.2. The van der Waals surface area contributed by atoms with E-state index < -0.39 is 0 Å². The van der Waals surface area contributed by atoms with Crippen molar-refractivity contribution in [2.45, 2.75) is 19.9 Å². The topological polar surface area (TPSA) is 63.5 Å². The Balaban J connectivity index is 1.44. The fourth-order valence-electron chi connectivity index (χ4n) is 3.60. The van der Waals surface area contributed by atoms with Crippen LogP contribution in [0.4, 0.5) is 0 Å². The average molecular weight is 406 g/mol. The standard InChI is InChI=1S/C23H27N5O2/c1-18-6-8-19(9-7-18)30-22-20(5-3-10-25-22)23(29)28-13-4-12-27(15-16-28)17-21-24-11-14-26(21)2/h3,5-11,14H,4,12-13,15-17H2,1-2H3. The Labute approximate surface area is 176 Å². The Hall–Kier alpha value is -3.19. The molecular weight excluding hydrogens is 378 g/mol. The molecular formula is C23H27N5O2. The molecule has 0 saturated carbocycles. The first-order valence-corrected chi connectivity index (χ1v) is 10.3. The third kappa shape index (κ3) is 4.68. The number of rotatable bonds is 5. The maximum Gasteiger partial charge on any atom is 0.259 e. The van der Waals surface area contributed by atoms with Gasteiger partial charge in [0.2, 0.25) is 5.88 Å². The molecule has 0 radical (unpaired) electrons. The fourth-order valence-corrected chi connectivity index (χ4v) is 3.60. The minimum atomic E-state index is -0.0379. The summed E-state index contributed by atoms with van der Waals surface area (Å²) in [5.74, 6) is 2.02. The Morgan fingerprint density at radius 2 is 1.87 bits per heavy atom. The molecule has 1 saturated heterocycles. The monoisotopic (exact) mass is 405 g/mol. The predicted molar refractivity (Wildman–Crippen MR) is 114 cm³/mol. The number of aromatic nitrogens is 3. The number of aryl methyl sites for hydroxylation is 2. The molecule has 7 nitrogen and oxygen atoms in total. The molecule has 0 bridgehead atoms. The second-order valence-electron chi connectivity index (χ2n) is 7.65.